The van der Waals surface area contributed by atoms with Gasteiger partial charge in [-0.25, -0.2) is 49.2 Å². The summed E-state index contributed by atoms with van der Waals surface area (Å²) in [5.74, 6) is -9.64. The average Bonchev–Trinajstić information content (AvgIpc) is 3.89. The minimum Gasteiger partial charge on any atom is -0.478 e. The number of ketones is 2. The number of carbonyl (C=O) groups excluding carboxylic acids is 3. The molecule has 19 nitrogen and oxygen atoms in total. The minimum atomic E-state index is -3.88. The van der Waals surface area contributed by atoms with Crippen LogP contribution in [0, 0.1) is 23.3 Å². The number of anilines is 2. The standard InChI is InChI=1S/C20H20F2N4O5S.C18H15F2N3O5S.C2H7NO/c1-2-7-32(30,31)26-15-4-3-14(21)16(17(15)22)18(28)13-10-25-19-12(13)8-11(9-24-19)20(29)23-5-6-27;1-2-5-29(27,28)23-13-4-3-12(19)14(15(13)20)16(24)11-8-22-17-10(11)6-9(7-21-17)18(25)26;3-1-2-4/h3-4,8-10,26-27H,2,5-7H2,1H3,(H,23,29)(H,24,25);3-4,6-8,23H,2,5H2,1H3,(H,21,22)(H,25,26);4H,1-3H2. The Morgan fingerprint density at radius 2 is 1.11 bits per heavy atom. The number of aromatic carboxylic acids is 1. The van der Waals surface area contributed by atoms with E-state index >= 15 is 0 Å². The second kappa shape index (κ2) is 22.2. The number of benzene rings is 2. The molecule has 0 fully saturated rings. The molecule has 0 unspecified atom stereocenters. The first-order valence-corrected chi connectivity index (χ1v) is 22.5. The molecule has 348 valence electrons. The molecular weight excluding hydrogens is 909 g/mol. The lowest BCUT2D eigenvalue weighted by atomic mass is 10.0. The number of halogens is 4. The SMILES string of the molecule is CCCS(=O)(=O)Nc1ccc(F)c(C(=O)c2c[nH]c3ncc(C(=O)NCCO)cc23)c1F.CCCS(=O)(=O)Nc1ccc(F)c(C(=O)c2c[nH]c3ncc(C(=O)O)cc23)c1F.NCCO. The molecule has 0 bridgehead atoms. The lowest BCUT2D eigenvalue weighted by Gasteiger charge is -2.11. The van der Waals surface area contributed by atoms with Gasteiger partial charge in [0.2, 0.25) is 31.6 Å². The third-order valence-corrected chi connectivity index (χ3v) is 11.7. The summed E-state index contributed by atoms with van der Waals surface area (Å²) in [6.45, 7) is 3.45. The number of nitrogens with one attached hydrogen (secondary N) is 5. The Morgan fingerprint density at radius 3 is 1.49 bits per heavy atom. The zero-order chi connectivity index (χ0) is 48.2. The van der Waals surface area contributed by atoms with Gasteiger partial charge in [0.15, 0.2) is 11.6 Å². The Balaban J connectivity index is 0.000000264. The molecule has 0 spiro atoms. The van der Waals surface area contributed by atoms with Crippen molar-refractivity contribution < 1.29 is 68.9 Å². The van der Waals surface area contributed by atoms with Crippen molar-refractivity contribution in [1.82, 2.24) is 25.3 Å². The number of amides is 1. The van der Waals surface area contributed by atoms with Gasteiger partial charge >= 0.3 is 5.97 Å². The van der Waals surface area contributed by atoms with Crippen molar-refractivity contribution in [3.8, 4) is 0 Å². The fourth-order valence-electron chi connectivity index (χ4n) is 5.82. The number of pyridine rings is 2. The maximum absolute atomic E-state index is 15.0. The Labute approximate surface area is 367 Å². The molecule has 6 aromatic rings. The number of sulfonamides is 2. The van der Waals surface area contributed by atoms with Gasteiger partial charge in [0.05, 0.1) is 58.3 Å². The number of carboxylic acid groups (broad SMARTS) is 1. The van der Waals surface area contributed by atoms with E-state index in [1.807, 2.05) is 9.44 Å². The molecule has 2 aromatic carbocycles. The van der Waals surface area contributed by atoms with Gasteiger partial charge in [0, 0.05) is 59.8 Å². The minimum absolute atomic E-state index is 0.00689. The summed E-state index contributed by atoms with van der Waals surface area (Å²) >= 11 is 0. The highest BCUT2D eigenvalue weighted by molar-refractivity contribution is 7.92. The van der Waals surface area contributed by atoms with Crippen molar-refractivity contribution in [3.63, 3.8) is 0 Å². The second-order valence-corrected chi connectivity index (χ2v) is 17.2. The van der Waals surface area contributed by atoms with E-state index < -0.39 is 89.3 Å². The van der Waals surface area contributed by atoms with Crippen molar-refractivity contribution in [3.05, 3.63) is 118 Å². The van der Waals surface area contributed by atoms with Gasteiger partial charge in [-0.2, -0.15) is 0 Å². The number of aliphatic hydroxyl groups excluding tert-OH is 2. The van der Waals surface area contributed by atoms with E-state index in [-0.39, 0.29) is 88.4 Å². The predicted molar refractivity (Wildman–Crippen MR) is 230 cm³/mol. The molecule has 4 heterocycles. The van der Waals surface area contributed by atoms with Crippen molar-refractivity contribution in [2.24, 2.45) is 5.73 Å². The molecule has 0 aliphatic rings. The van der Waals surface area contributed by atoms with Crippen LogP contribution in [0.4, 0.5) is 28.9 Å². The Bertz CT molecular complexity index is 2960. The van der Waals surface area contributed by atoms with Crippen LogP contribution in [0.3, 0.4) is 0 Å². The molecule has 0 saturated carbocycles. The van der Waals surface area contributed by atoms with Crippen LogP contribution < -0.4 is 20.5 Å². The molecule has 0 aliphatic carbocycles. The molecule has 4 aromatic heterocycles. The molecule has 25 heteroatoms. The molecule has 0 atom stereocenters. The summed E-state index contributed by atoms with van der Waals surface area (Å²) in [5, 5.41) is 28.3. The summed E-state index contributed by atoms with van der Waals surface area (Å²) in [5.41, 5.74) is 1.60. The van der Waals surface area contributed by atoms with E-state index in [1.54, 1.807) is 13.8 Å². The number of hydrogen-bond donors (Lipinski definition) is 9. The number of hydrogen-bond acceptors (Lipinski definition) is 13. The van der Waals surface area contributed by atoms with Crippen molar-refractivity contribution in [2.45, 2.75) is 26.7 Å². The highest BCUT2D eigenvalue weighted by atomic mass is 32.2. The molecule has 1 amide bonds. The maximum atomic E-state index is 15.0. The fraction of sp³-hybridized carbons (Fsp3) is 0.250. The van der Waals surface area contributed by atoms with Gasteiger partial charge in [-0.15, -0.1) is 0 Å². The van der Waals surface area contributed by atoms with E-state index in [1.165, 1.54) is 18.5 Å². The first kappa shape index (κ1) is 50.8. The van der Waals surface area contributed by atoms with Gasteiger partial charge < -0.3 is 36.3 Å². The van der Waals surface area contributed by atoms with E-state index in [4.69, 9.17) is 21.1 Å². The van der Waals surface area contributed by atoms with Crippen LogP contribution in [0.5, 0.6) is 0 Å². The first-order chi connectivity index (χ1) is 30.7. The zero-order valence-electron chi connectivity index (χ0n) is 34.3. The Hall–Kier alpha value is -6.80. The average molecular weight is 951 g/mol. The second-order valence-electron chi connectivity index (χ2n) is 13.5. The lowest BCUT2D eigenvalue weighted by Crippen LogP contribution is -2.26. The monoisotopic (exact) mass is 950 g/mol. The van der Waals surface area contributed by atoms with Crippen LogP contribution in [-0.2, 0) is 20.0 Å². The Kier molecular flexibility index (Phi) is 17.4. The topological polar surface area (TPSA) is 317 Å². The fourth-order valence-corrected chi connectivity index (χ4v) is 8.08. The van der Waals surface area contributed by atoms with Crippen LogP contribution in [0.25, 0.3) is 22.1 Å². The van der Waals surface area contributed by atoms with Gasteiger partial charge in [-0.05, 0) is 49.2 Å². The summed E-state index contributed by atoms with van der Waals surface area (Å²) in [7, 11) is -7.75. The van der Waals surface area contributed by atoms with Gasteiger partial charge in [0.25, 0.3) is 5.91 Å². The van der Waals surface area contributed by atoms with E-state index in [0.29, 0.717) is 6.54 Å². The van der Waals surface area contributed by atoms with Gasteiger partial charge in [-0.1, -0.05) is 13.8 Å². The van der Waals surface area contributed by atoms with Crippen molar-refractivity contribution in [1.29, 1.82) is 0 Å². The van der Waals surface area contributed by atoms with Crippen LogP contribution in [0.1, 0.15) is 79.2 Å². The van der Waals surface area contributed by atoms with Gasteiger partial charge in [-0.3, -0.25) is 23.8 Å². The molecule has 65 heavy (non-hydrogen) atoms. The molecule has 6 rings (SSSR count). The van der Waals surface area contributed by atoms with Crippen LogP contribution in [0.2, 0.25) is 0 Å². The number of H-pyrrole nitrogens is 2. The van der Waals surface area contributed by atoms with E-state index in [2.05, 4.69) is 25.3 Å². The number of aromatic nitrogens is 4. The predicted octanol–water partition coefficient (Wildman–Crippen LogP) is 3.81. The summed E-state index contributed by atoms with van der Waals surface area (Å²) < 4.78 is 110. The summed E-state index contributed by atoms with van der Waals surface area (Å²) in [6, 6.07) is 5.82. The molecule has 0 saturated heterocycles. The summed E-state index contributed by atoms with van der Waals surface area (Å²) in [6.07, 6.45) is 5.21. The highest BCUT2D eigenvalue weighted by Crippen LogP contribution is 2.30. The van der Waals surface area contributed by atoms with Crippen molar-refractivity contribution >= 4 is 76.9 Å². The number of carboxylic acids is 1. The molecular formula is C40H42F4N8O11S2. The molecule has 0 radical (unpaired) electrons. The highest BCUT2D eigenvalue weighted by Gasteiger charge is 2.28. The third-order valence-electron chi connectivity index (χ3n) is 8.70. The van der Waals surface area contributed by atoms with Crippen LogP contribution >= 0.6 is 0 Å². The number of nitrogens with zero attached hydrogens (tertiary/aromatic N) is 2. The normalized spacial score (nSPS) is 11.3. The quantitative estimate of drug-likeness (QED) is 0.0464. The number of fused-ring (bicyclic) bond motifs is 2. The lowest BCUT2D eigenvalue weighted by molar-refractivity contribution is 0.0695. The van der Waals surface area contributed by atoms with Gasteiger partial charge in [0.1, 0.15) is 22.9 Å². The number of rotatable bonds is 17. The molecule has 0 aliphatic heterocycles. The number of nitrogens with two attached hydrogens (primary N) is 1. The van der Waals surface area contributed by atoms with E-state index in [0.717, 1.165) is 42.7 Å². The summed E-state index contributed by atoms with van der Waals surface area (Å²) in [4.78, 5) is 62.3. The zero-order valence-corrected chi connectivity index (χ0v) is 36.0. The van der Waals surface area contributed by atoms with Crippen LogP contribution in [0.15, 0.2) is 61.2 Å². The van der Waals surface area contributed by atoms with Crippen molar-refractivity contribution in [2.75, 3.05) is 47.3 Å². The smallest absolute Gasteiger partial charge is 0.337 e. The molecule has 10 N–H and O–H groups in total. The maximum Gasteiger partial charge on any atom is 0.337 e. The van der Waals surface area contributed by atoms with Crippen LogP contribution in [-0.4, -0.2) is 113 Å². The Morgan fingerprint density at radius 1 is 0.692 bits per heavy atom. The third kappa shape index (κ3) is 12.5. The largest absolute Gasteiger partial charge is 0.478 e. The van der Waals surface area contributed by atoms with E-state index in [9.17, 15) is 53.6 Å². The number of aliphatic hydroxyl groups is 2. The number of carbonyl (C=O) groups is 4. The first-order valence-electron chi connectivity index (χ1n) is 19.2. The number of aromatic amines is 2.